The van der Waals surface area contributed by atoms with Crippen molar-refractivity contribution in [3.05, 3.63) is 29.8 Å². The molecule has 0 atom stereocenters. The van der Waals surface area contributed by atoms with Crippen LogP contribution in [0.5, 0.6) is 0 Å². The first-order valence-corrected chi connectivity index (χ1v) is 6.63. The highest BCUT2D eigenvalue weighted by Gasteiger charge is 2.21. The number of hydrogen-bond donors (Lipinski definition) is 0. The summed E-state index contributed by atoms with van der Waals surface area (Å²) in [6.07, 6.45) is 1.90. The average molecular weight is 269 g/mol. The van der Waals surface area contributed by atoms with Gasteiger partial charge in [-0.3, -0.25) is 0 Å². The normalized spacial score (nSPS) is 17.4. The fourth-order valence-electron chi connectivity index (χ4n) is 2.57. The van der Waals surface area contributed by atoms with Crippen molar-refractivity contribution in [1.82, 2.24) is 9.55 Å². The van der Waals surface area contributed by atoms with Gasteiger partial charge in [0, 0.05) is 25.3 Å². The molecule has 0 saturated carbocycles. The van der Waals surface area contributed by atoms with Gasteiger partial charge in [0.05, 0.1) is 16.9 Å². The maximum absolute atomic E-state index is 13.2. The second kappa shape index (κ2) is 4.86. The van der Waals surface area contributed by atoms with Crippen LogP contribution in [0.4, 0.5) is 4.39 Å². The van der Waals surface area contributed by atoms with E-state index in [0.717, 1.165) is 37.4 Å². The number of fused-ring (bicyclic) bond motifs is 1. The van der Waals surface area contributed by atoms with E-state index < -0.39 is 0 Å². The van der Waals surface area contributed by atoms with Crippen LogP contribution in [0.25, 0.3) is 11.0 Å². The summed E-state index contributed by atoms with van der Waals surface area (Å²) in [5.74, 6) is 0.887. The largest absolute Gasteiger partial charge is 0.381 e. The lowest BCUT2D eigenvalue weighted by molar-refractivity contribution is 0.0700. The SMILES string of the molecule is Fc1ccc2c(c1)nc(CCl)n2C1CCOCC1. The molecule has 0 radical (unpaired) electrons. The van der Waals surface area contributed by atoms with Crippen molar-refractivity contribution < 1.29 is 9.13 Å². The highest BCUT2D eigenvalue weighted by Crippen LogP contribution is 2.28. The van der Waals surface area contributed by atoms with Gasteiger partial charge < -0.3 is 9.30 Å². The molecule has 2 heterocycles. The Labute approximate surface area is 110 Å². The van der Waals surface area contributed by atoms with E-state index in [4.69, 9.17) is 16.3 Å². The molecule has 1 aromatic carbocycles. The molecule has 2 aromatic rings. The van der Waals surface area contributed by atoms with Crippen LogP contribution >= 0.6 is 11.6 Å². The lowest BCUT2D eigenvalue weighted by Crippen LogP contribution is -2.20. The van der Waals surface area contributed by atoms with Crippen LogP contribution in [-0.2, 0) is 10.6 Å². The van der Waals surface area contributed by atoms with E-state index in [1.807, 2.05) is 0 Å². The number of halogens is 2. The molecule has 1 aliphatic rings. The van der Waals surface area contributed by atoms with Gasteiger partial charge in [-0.2, -0.15) is 0 Å². The minimum atomic E-state index is -0.264. The minimum Gasteiger partial charge on any atom is -0.381 e. The molecule has 1 fully saturated rings. The Morgan fingerprint density at radius 3 is 2.89 bits per heavy atom. The van der Waals surface area contributed by atoms with Crippen molar-refractivity contribution in [3.63, 3.8) is 0 Å². The van der Waals surface area contributed by atoms with Crippen LogP contribution < -0.4 is 0 Å². The standard InChI is InChI=1S/C13H14ClFN2O/c14-8-13-16-11-7-9(15)1-2-12(11)17(13)10-3-5-18-6-4-10/h1-2,7,10H,3-6,8H2. The van der Waals surface area contributed by atoms with Crippen molar-refractivity contribution in [3.8, 4) is 0 Å². The average Bonchev–Trinajstić information content (AvgIpc) is 2.77. The summed E-state index contributed by atoms with van der Waals surface area (Å²) in [6, 6.07) is 5.06. The number of imidazole rings is 1. The van der Waals surface area contributed by atoms with Gasteiger partial charge in [-0.15, -0.1) is 11.6 Å². The van der Waals surface area contributed by atoms with Gasteiger partial charge in [0.2, 0.25) is 0 Å². The van der Waals surface area contributed by atoms with Gasteiger partial charge in [-0.25, -0.2) is 9.37 Å². The third-order valence-electron chi connectivity index (χ3n) is 3.40. The molecule has 1 aliphatic heterocycles. The first-order chi connectivity index (χ1) is 8.79. The van der Waals surface area contributed by atoms with E-state index in [0.29, 0.717) is 17.4 Å². The number of alkyl halides is 1. The zero-order chi connectivity index (χ0) is 12.5. The van der Waals surface area contributed by atoms with Crippen LogP contribution in [0.15, 0.2) is 18.2 Å². The molecule has 0 N–H and O–H groups in total. The van der Waals surface area contributed by atoms with E-state index in [-0.39, 0.29) is 5.82 Å². The van der Waals surface area contributed by atoms with Gasteiger partial charge in [-0.1, -0.05) is 0 Å². The first kappa shape index (κ1) is 11.9. The van der Waals surface area contributed by atoms with E-state index in [2.05, 4.69) is 9.55 Å². The number of aromatic nitrogens is 2. The van der Waals surface area contributed by atoms with Crippen LogP contribution in [0.2, 0.25) is 0 Å². The third kappa shape index (κ3) is 1.99. The Morgan fingerprint density at radius 1 is 1.39 bits per heavy atom. The molecule has 18 heavy (non-hydrogen) atoms. The van der Waals surface area contributed by atoms with Crippen molar-refractivity contribution in [2.75, 3.05) is 13.2 Å². The fourth-order valence-corrected chi connectivity index (χ4v) is 2.76. The van der Waals surface area contributed by atoms with Crippen molar-refractivity contribution >= 4 is 22.6 Å². The Kier molecular flexibility index (Phi) is 3.22. The van der Waals surface area contributed by atoms with E-state index in [1.54, 1.807) is 6.07 Å². The van der Waals surface area contributed by atoms with Crippen LogP contribution in [0.3, 0.4) is 0 Å². The molecule has 0 amide bonds. The number of nitrogens with zero attached hydrogens (tertiary/aromatic N) is 2. The van der Waals surface area contributed by atoms with Crippen LogP contribution in [0.1, 0.15) is 24.7 Å². The lowest BCUT2D eigenvalue weighted by atomic mass is 10.1. The van der Waals surface area contributed by atoms with Gasteiger partial charge in [-0.05, 0) is 25.0 Å². The molecule has 96 valence electrons. The maximum atomic E-state index is 13.2. The summed E-state index contributed by atoms with van der Waals surface area (Å²) in [4.78, 5) is 4.42. The lowest BCUT2D eigenvalue weighted by Gasteiger charge is -2.25. The monoisotopic (exact) mass is 268 g/mol. The highest BCUT2D eigenvalue weighted by atomic mass is 35.5. The Bertz CT molecular complexity index is 563. The molecule has 0 bridgehead atoms. The number of ether oxygens (including phenoxy) is 1. The Balaban J connectivity index is 2.12. The summed E-state index contributed by atoms with van der Waals surface area (Å²) < 4.78 is 20.7. The summed E-state index contributed by atoms with van der Waals surface area (Å²) in [7, 11) is 0. The predicted octanol–water partition coefficient (Wildman–Crippen LogP) is 3.27. The van der Waals surface area contributed by atoms with Gasteiger partial charge in [0.1, 0.15) is 11.6 Å². The fraction of sp³-hybridized carbons (Fsp3) is 0.462. The molecule has 1 aromatic heterocycles. The molecule has 3 nitrogen and oxygen atoms in total. The highest BCUT2D eigenvalue weighted by molar-refractivity contribution is 6.16. The molecule has 3 rings (SSSR count). The minimum absolute atomic E-state index is 0.264. The molecular weight excluding hydrogens is 255 g/mol. The third-order valence-corrected chi connectivity index (χ3v) is 3.64. The quantitative estimate of drug-likeness (QED) is 0.782. The zero-order valence-electron chi connectivity index (χ0n) is 9.90. The summed E-state index contributed by atoms with van der Waals surface area (Å²) in [5, 5.41) is 0. The predicted molar refractivity (Wildman–Crippen MR) is 68.3 cm³/mol. The van der Waals surface area contributed by atoms with Gasteiger partial charge >= 0.3 is 0 Å². The van der Waals surface area contributed by atoms with E-state index in [9.17, 15) is 4.39 Å². The maximum Gasteiger partial charge on any atom is 0.125 e. The zero-order valence-corrected chi connectivity index (χ0v) is 10.7. The smallest absolute Gasteiger partial charge is 0.125 e. The van der Waals surface area contributed by atoms with E-state index in [1.165, 1.54) is 12.1 Å². The topological polar surface area (TPSA) is 27.1 Å². The number of hydrogen-bond acceptors (Lipinski definition) is 2. The van der Waals surface area contributed by atoms with Crippen LogP contribution in [-0.4, -0.2) is 22.8 Å². The molecule has 5 heteroatoms. The van der Waals surface area contributed by atoms with Crippen LogP contribution in [0, 0.1) is 5.82 Å². The van der Waals surface area contributed by atoms with Crippen molar-refractivity contribution in [2.45, 2.75) is 24.8 Å². The molecule has 1 saturated heterocycles. The summed E-state index contributed by atoms with van der Waals surface area (Å²) >= 11 is 5.95. The van der Waals surface area contributed by atoms with Crippen molar-refractivity contribution in [2.24, 2.45) is 0 Å². The number of rotatable bonds is 2. The van der Waals surface area contributed by atoms with Gasteiger partial charge in [0.25, 0.3) is 0 Å². The molecule has 0 unspecified atom stereocenters. The second-order valence-corrected chi connectivity index (χ2v) is 4.78. The van der Waals surface area contributed by atoms with Gasteiger partial charge in [0.15, 0.2) is 0 Å². The molecule has 0 spiro atoms. The summed E-state index contributed by atoms with van der Waals surface area (Å²) in [6.45, 7) is 1.51. The summed E-state index contributed by atoms with van der Waals surface area (Å²) in [5.41, 5.74) is 1.64. The van der Waals surface area contributed by atoms with Crippen molar-refractivity contribution in [1.29, 1.82) is 0 Å². The second-order valence-electron chi connectivity index (χ2n) is 4.51. The Morgan fingerprint density at radius 2 is 2.17 bits per heavy atom. The first-order valence-electron chi connectivity index (χ1n) is 6.09. The Hall–Kier alpha value is -1.13. The molecular formula is C13H14ClFN2O. The van der Waals surface area contributed by atoms with E-state index >= 15 is 0 Å². The number of benzene rings is 1. The molecule has 0 aliphatic carbocycles.